The lowest BCUT2D eigenvalue weighted by atomic mass is 10.2. The van der Waals surface area contributed by atoms with Gasteiger partial charge in [0.25, 0.3) is 0 Å². The van der Waals surface area contributed by atoms with E-state index in [0.717, 1.165) is 16.6 Å². The Morgan fingerprint density at radius 3 is 2.75 bits per heavy atom. The van der Waals surface area contributed by atoms with Gasteiger partial charge in [-0.1, -0.05) is 37.3 Å². The average molecular weight is 298 g/mol. The second-order valence-electron chi connectivity index (χ2n) is 4.68. The van der Waals surface area contributed by atoms with E-state index in [2.05, 4.69) is 28.9 Å². The molecule has 0 amide bonds. The van der Waals surface area contributed by atoms with Crippen LogP contribution in [0.15, 0.2) is 30.5 Å². The van der Waals surface area contributed by atoms with Crippen molar-refractivity contribution in [3.8, 4) is 16.2 Å². The molecular formula is C14H16F2N2OS. The van der Waals surface area contributed by atoms with Crippen LogP contribution in [0, 0.1) is 5.92 Å². The molecule has 1 heterocycles. The van der Waals surface area contributed by atoms with Crippen LogP contribution in [0.3, 0.4) is 0 Å². The predicted molar refractivity (Wildman–Crippen MR) is 77.5 cm³/mol. The fourth-order valence-electron chi connectivity index (χ4n) is 1.64. The van der Waals surface area contributed by atoms with Crippen LogP contribution in [-0.2, 0) is 0 Å². The van der Waals surface area contributed by atoms with E-state index in [-0.39, 0.29) is 5.75 Å². The van der Waals surface area contributed by atoms with Crippen molar-refractivity contribution in [2.24, 2.45) is 5.92 Å². The number of thiazole rings is 1. The second kappa shape index (κ2) is 6.65. The highest BCUT2D eigenvalue weighted by atomic mass is 32.1. The zero-order valence-corrected chi connectivity index (χ0v) is 12.1. The molecule has 0 saturated heterocycles. The Kier molecular flexibility index (Phi) is 4.89. The number of nitrogens with zero attached hydrogens (tertiary/aromatic N) is 1. The Morgan fingerprint density at radius 1 is 1.30 bits per heavy atom. The van der Waals surface area contributed by atoms with Gasteiger partial charge in [0, 0.05) is 18.3 Å². The van der Waals surface area contributed by atoms with Crippen molar-refractivity contribution in [1.29, 1.82) is 0 Å². The van der Waals surface area contributed by atoms with Crippen molar-refractivity contribution in [1.82, 2.24) is 4.98 Å². The molecule has 6 heteroatoms. The first kappa shape index (κ1) is 14.7. The summed E-state index contributed by atoms with van der Waals surface area (Å²) in [4.78, 5) is 5.05. The highest BCUT2D eigenvalue weighted by molar-refractivity contribution is 7.18. The first-order chi connectivity index (χ1) is 9.56. The summed E-state index contributed by atoms with van der Waals surface area (Å²) in [6.45, 7) is 2.20. The zero-order valence-electron chi connectivity index (χ0n) is 11.3. The highest BCUT2D eigenvalue weighted by Crippen LogP contribution is 2.35. The number of anilines is 1. The molecule has 2 aromatic rings. The van der Waals surface area contributed by atoms with Gasteiger partial charge in [-0.2, -0.15) is 8.78 Å². The van der Waals surface area contributed by atoms with Crippen LogP contribution >= 0.6 is 11.3 Å². The number of benzene rings is 1. The Hall–Kier alpha value is -1.69. The molecule has 0 fully saturated rings. The molecule has 0 atom stereocenters. The summed E-state index contributed by atoms with van der Waals surface area (Å²) in [5, 5.41) is 3.99. The van der Waals surface area contributed by atoms with Crippen LogP contribution in [0.5, 0.6) is 5.75 Å². The molecule has 0 unspecified atom stereocenters. The largest absolute Gasteiger partial charge is 0.434 e. The summed E-state index contributed by atoms with van der Waals surface area (Å²) >= 11 is 1.42. The topological polar surface area (TPSA) is 34.2 Å². The standard InChI is InChI=1S/C14H16F2N2OS/c1-9(2)7-17-14-18-8-12(20-14)10-5-3-4-6-11(10)19-13(15)16/h3-6,8-9,13H,7H2,1-2H3,(H,17,18). The number of nitrogens with one attached hydrogen (secondary N) is 1. The van der Waals surface area contributed by atoms with Crippen LogP contribution in [0.4, 0.5) is 13.9 Å². The summed E-state index contributed by atoms with van der Waals surface area (Å²) < 4.78 is 29.3. The quantitative estimate of drug-likeness (QED) is 0.853. The minimum absolute atomic E-state index is 0.168. The summed E-state index contributed by atoms with van der Waals surface area (Å²) in [5.74, 6) is 0.679. The van der Waals surface area contributed by atoms with E-state index in [1.165, 1.54) is 17.4 Å². The number of alkyl halides is 2. The maximum absolute atomic E-state index is 12.4. The van der Waals surface area contributed by atoms with Crippen LogP contribution in [0.2, 0.25) is 0 Å². The van der Waals surface area contributed by atoms with Gasteiger partial charge in [-0.25, -0.2) is 4.98 Å². The SMILES string of the molecule is CC(C)CNc1ncc(-c2ccccc2OC(F)F)s1. The number of halogens is 2. The highest BCUT2D eigenvalue weighted by Gasteiger charge is 2.13. The summed E-state index contributed by atoms with van der Waals surface area (Å²) in [7, 11) is 0. The molecule has 1 aromatic carbocycles. The minimum atomic E-state index is -2.83. The lowest BCUT2D eigenvalue weighted by Gasteiger charge is -2.08. The third-order valence-corrected chi connectivity index (χ3v) is 3.52. The predicted octanol–water partition coefficient (Wildman–Crippen LogP) is 4.48. The van der Waals surface area contributed by atoms with Gasteiger partial charge in [0.05, 0.1) is 4.88 Å². The maximum atomic E-state index is 12.4. The number of ether oxygens (including phenoxy) is 1. The van der Waals surface area contributed by atoms with Gasteiger partial charge >= 0.3 is 6.61 Å². The van der Waals surface area contributed by atoms with Crippen molar-refractivity contribution in [3.05, 3.63) is 30.5 Å². The monoisotopic (exact) mass is 298 g/mol. The Bertz CT molecular complexity index is 558. The van der Waals surface area contributed by atoms with E-state index in [1.54, 1.807) is 24.4 Å². The molecule has 3 nitrogen and oxygen atoms in total. The van der Waals surface area contributed by atoms with E-state index in [4.69, 9.17) is 0 Å². The third kappa shape index (κ3) is 3.90. The maximum Gasteiger partial charge on any atom is 0.387 e. The lowest BCUT2D eigenvalue weighted by Crippen LogP contribution is -2.07. The first-order valence-corrected chi connectivity index (χ1v) is 7.12. The van der Waals surface area contributed by atoms with Crippen molar-refractivity contribution >= 4 is 16.5 Å². The van der Waals surface area contributed by atoms with Gasteiger partial charge in [0.15, 0.2) is 5.13 Å². The van der Waals surface area contributed by atoms with Crippen LogP contribution in [0.25, 0.3) is 10.4 Å². The van der Waals surface area contributed by atoms with Crippen LogP contribution in [-0.4, -0.2) is 18.1 Å². The minimum Gasteiger partial charge on any atom is -0.434 e. The Balaban J connectivity index is 2.19. The number of hydrogen-bond acceptors (Lipinski definition) is 4. The van der Waals surface area contributed by atoms with Crippen molar-refractivity contribution < 1.29 is 13.5 Å². The molecule has 0 aliphatic carbocycles. The number of rotatable bonds is 6. The van der Waals surface area contributed by atoms with Crippen molar-refractivity contribution in [2.75, 3.05) is 11.9 Å². The molecule has 20 heavy (non-hydrogen) atoms. The molecule has 0 aliphatic heterocycles. The van der Waals surface area contributed by atoms with Gasteiger partial charge in [-0.15, -0.1) is 0 Å². The molecule has 108 valence electrons. The fraction of sp³-hybridized carbons (Fsp3) is 0.357. The lowest BCUT2D eigenvalue weighted by molar-refractivity contribution is -0.0494. The van der Waals surface area contributed by atoms with E-state index in [9.17, 15) is 8.78 Å². The Labute approximate surface area is 120 Å². The molecule has 1 N–H and O–H groups in total. The molecule has 0 bridgehead atoms. The fourth-order valence-corrected chi connectivity index (χ4v) is 2.49. The number of para-hydroxylation sites is 1. The zero-order chi connectivity index (χ0) is 14.5. The third-order valence-electron chi connectivity index (χ3n) is 2.54. The average Bonchev–Trinajstić information content (AvgIpc) is 2.85. The summed E-state index contributed by atoms with van der Waals surface area (Å²) in [6.07, 6.45) is 1.67. The van der Waals surface area contributed by atoms with Crippen molar-refractivity contribution in [2.45, 2.75) is 20.5 Å². The molecule has 0 saturated carbocycles. The summed E-state index contributed by atoms with van der Waals surface area (Å²) in [6, 6.07) is 6.73. The van der Waals surface area contributed by atoms with Gasteiger partial charge in [0.2, 0.25) is 0 Å². The van der Waals surface area contributed by atoms with E-state index >= 15 is 0 Å². The van der Waals surface area contributed by atoms with Crippen molar-refractivity contribution in [3.63, 3.8) is 0 Å². The smallest absolute Gasteiger partial charge is 0.387 e. The van der Waals surface area contributed by atoms with Crippen LogP contribution < -0.4 is 10.1 Å². The van der Waals surface area contributed by atoms with Crippen LogP contribution in [0.1, 0.15) is 13.8 Å². The van der Waals surface area contributed by atoms with Gasteiger partial charge in [-0.05, 0) is 18.1 Å². The van der Waals surface area contributed by atoms with E-state index < -0.39 is 6.61 Å². The van der Waals surface area contributed by atoms with E-state index in [0.29, 0.717) is 11.5 Å². The Morgan fingerprint density at radius 2 is 2.05 bits per heavy atom. The number of aromatic nitrogens is 1. The molecular weight excluding hydrogens is 282 g/mol. The van der Waals surface area contributed by atoms with E-state index in [1.807, 2.05) is 0 Å². The molecule has 0 radical (unpaired) electrons. The first-order valence-electron chi connectivity index (χ1n) is 6.30. The number of hydrogen-bond donors (Lipinski definition) is 1. The molecule has 0 aliphatic rings. The van der Waals surface area contributed by atoms with Gasteiger partial charge < -0.3 is 10.1 Å². The normalized spacial score (nSPS) is 11.1. The molecule has 0 spiro atoms. The van der Waals surface area contributed by atoms with Gasteiger partial charge in [-0.3, -0.25) is 0 Å². The summed E-state index contributed by atoms with van der Waals surface area (Å²) in [5.41, 5.74) is 0.628. The molecule has 2 rings (SSSR count). The van der Waals surface area contributed by atoms with Gasteiger partial charge in [0.1, 0.15) is 5.75 Å². The second-order valence-corrected chi connectivity index (χ2v) is 5.71. The molecule has 1 aromatic heterocycles.